The van der Waals surface area contributed by atoms with Crippen LogP contribution in [0, 0.1) is 11.6 Å². The molecule has 5 nitrogen and oxygen atoms in total. The third-order valence-electron chi connectivity index (χ3n) is 5.16. The van der Waals surface area contributed by atoms with Gasteiger partial charge in [-0.3, -0.25) is 9.69 Å². The number of aliphatic hydroxyl groups excluding tert-OH is 1. The smallest absolute Gasteiger partial charge is 0.327 e. The number of carbonyl (C=O) groups excluding carboxylic acids is 2. The molecule has 130 valence electrons. The Bertz CT molecular complexity index is 674. The molecular weight excluding hydrogens is 318 g/mol. The number of urea groups is 1. The van der Waals surface area contributed by atoms with E-state index in [0.29, 0.717) is 12.8 Å². The highest BCUT2D eigenvalue weighted by atomic mass is 19.1. The molecule has 1 aliphatic heterocycles. The number of aliphatic hydroxyl groups is 1. The second-order valence-corrected chi connectivity index (χ2v) is 6.53. The minimum Gasteiger partial charge on any atom is -0.386 e. The molecule has 1 aliphatic carbocycles. The average molecular weight is 338 g/mol. The average Bonchev–Trinajstić information content (AvgIpc) is 2.74. The topological polar surface area (TPSA) is 60.9 Å². The van der Waals surface area contributed by atoms with Crippen molar-refractivity contribution in [3.05, 3.63) is 35.4 Å². The number of β-amino-alcohol motifs (C(OH)–C–C–N with tert-alkyl or cyclic N) is 1. The Morgan fingerprint density at radius 2 is 1.88 bits per heavy atom. The van der Waals surface area contributed by atoms with Crippen LogP contribution in [-0.4, -0.2) is 46.0 Å². The largest absolute Gasteiger partial charge is 0.386 e. The van der Waals surface area contributed by atoms with E-state index in [2.05, 4.69) is 0 Å². The van der Waals surface area contributed by atoms with Gasteiger partial charge in [0.05, 0.1) is 6.54 Å². The third kappa shape index (κ3) is 2.56. The minimum atomic E-state index is -1.47. The lowest BCUT2D eigenvalue weighted by molar-refractivity contribution is -0.135. The molecule has 24 heavy (non-hydrogen) atoms. The van der Waals surface area contributed by atoms with Crippen LogP contribution < -0.4 is 0 Å². The molecule has 1 aromatic carbocycles. The van der Waals surface area contributed by atoms with Gasteiger partial charge in [0.15, 0.2) is 0 Å². The van der Waals surface area contributed by atoms with Crippen molar-refractivity contribution in [1.29, 1.82) is 0 Å². The van der Waals surface area contributed by atoms with Gasteiger partial charge >= 0.3 is 6.03 Å². The third-order valence-corrected chi connectivity index (χ3v) is 5.16. The first kappa shape index (κ1) is 16.8. The molecular formula is C17H20F2N2O3. The summed E-state index contributed by atoms with van der Waals surface area (Å²) in [5.41, 5.74) is -1.11. The summed E-state index contributed by atoms with van der Waals surface area (Å²) in [6, 6.07) is 2.24. The van der Waals surface area contributed by atoms with E-state index >= 15 is 0 Å². The summed E-state index contributed by atoms with van der Waals surface area (Å²) in [5, 5.41) is 10.2. The maximum atomic E-state index is 13.8. The maximum absolute atomic E-state index is 13.8. The first-order valence-electron chi connectivity index (χ1n) is 8.09. The molecule has 2 fully saturated rings. The molecule has 1 unspecified atom stereocenters. The van der Waals surface area contributed by atoms with Crippen molar-refractivity contribution in [3.8, 4) is 0 Å². The molecule has 0 radical (unpaired) electrons. The van der Waals surface area contributed by atoms with E-state index in [0.717, 1.165) is 42.4 Å². The van der Waals surface area contributed by atoms with Crippen LogP contribution in [0.4, 0.5) is 13.6 Å². The number of hydrogen-bond acceptors (Lipinski definition) is 3. The Balaban J connectivity index is 1.83. The van der Waals surface area contributed by atoms with Gasteiger partial charge in [-0.25, -0.2) is 13.6 Å². The Labute approximate surface area is 138 Å². The molecule has 1 aromatic rings. The summed E-state index contributed by atoms with van der Waals surface area (Å²) in [6.07, 6.45) is 2.45. The van der Waals surface area contributed by atoms with Crippen LogP contribution in [0.3, 0.4) is 0 Å². The van der Waals surface area contributed by atoms with Crippen LogP contribution in [0.1, 0.15) is 43.8 Å². The molecule has 1 N–H and O–H groups in total. The van der Waals surface area contributed by atoms with Crippen molar-refractivity contribution < 1.29 is 23.5 Å². The lowest BCUT2D eigenvalue weighted by Gasteiger charge is -2.35. The van der Waals surface area contributed by atoms with Gasteiger partial charge in [-0.15, -0.1) is 0 Å². The van der Waals surface area contributed by atoms with Crippen LogP contribution in [0.25, 0.3) is 0 Å². The molecule has 1 spiro atoms. The molecule has 3 amide bonds. The fourth-order valence-corrected chi connectivity index (χ4v) is 3.73. The van der Waals surface area contributed by atoms with Crippen molar-refractivity contribution in [2.45, 2.75) is 43.7 Å². The van der Waals surface area contributed by atoms with Gasteiger partial charge < -0.3 is 10.0 Å². The van der Waals surface area contributed by atoms with E-state index in [4.69, 9.17) is 0 Å². The SMILES string of the molecule is CN1C(=O)N(CC(O)c2cc(F)ccc2F)C(=O)C12CCCCC2. The van der Waals surface area contributed by atoms with Crippen LogP contribution in [0.5, 0.6) is 0 Å². The van der Waals surface area contributed by atoms with Crippen LogP contribution in [0.15, 0.2) is 18.2 Å². The van der Waals surface area contributed by atoms with Gasteiger partial charge in [-0.05, 0) is 31.0 Å². The van der Waals surface area contributed by atoms with Crippen LogP contribution in [-0.2, 0) is 4.79 Å². The zero-order valence-corrected chi connectivity index (χ0v) is 13.5. The number of halogens is 2. The zero-order chi connectivity index (χ0) is 17.5. The van der Waals surface area contributed by atoms with Gasteiger partial charge in [0.1, 0.15) is 23.3 Å². The summed E-state index contributed by atoms with van der Waals surface area (Å²) >= 11 is 0. The Kier molecular flexibility index (Phi) is 4.29. The number of rotatable bonds is 3. The highest BCUT2D eigenvalue weighted by molar-refractivity contribution is 6.07. The number of nitrogens with zero attached hydrogens (tertiary/aromatic N) is 2. The van der Waals surface area contributed by atoms with E-state index in [1.807, 2.05) is 0 Å². The second-order valence-electron chi connectivity index (χ2n) is 6.53. The van der Waals surface area contributed by atoms with Crippen molar-refractivity contribution in [2.24, 2.45) is 0 Å². The first-order chi connectivity index (χ1) is 11.4. The quantitative estimate of drug-likeness (QED) is 0.862. The van der Waals surface area contributed by atoms with Crippen molar-refractivity contribution in [2.75, 3.05) is 13.6 Å². The number of amides is 3. The van der Waals surface area contributed by atoms with Crippen molar-refractivity contribution in [3.63, 3.8) is 0 Å². The Morgan fingerprint density at radius 3 is 2.54 bits per heavy atom. The van der Waals surface area contributed by atoms with Crippen LogP contribution >= 0.6 is 0 Å². The summed E-state index contributed by atoms with van der Waals surface area (Å²) in [4.78, 5) is 27.7. The van der Waals surface area contributed by atoms with E-state index in [9.17, 15) is 23.5 Å². The molecule has 0 aromatic heterocycles. The van der Waals surface area contributed by atoms with E-state index in [-0.39, 0.29) is 18.0 Å². The number of benzene rings is 1. The lowest BCUT2D eigenvalue weighted by atomic mass is 9.80. The van der Waals surface area contributed by atoms with Gasteiger partial charge in [0.25, 0.3) is 5.91 Å². The number of likely N-dealkylation sites (N-methyl/N-ethyl adjacent to an activating group) is 1. The molecule has 1 saturated carbocycles. The standard InChI is InChI=1S/C17H20F2N2O3/c1-20-16(24)21(15(23)17(20)7-3-2-4-8-17)10-14(22)12-9-11(18)5-6-13(12)19/h5-6,9,14,22H,2-4,7-8,10H2,1H3. The van der Waals surface area contributed by atoms with E-state index in [1.54, 1.807) is 7.05 Å². The normalized spacial score (nSPS) is 21.7. The fraction of sp³-hybridized carbons (Fsp3) is 0.529. The molecule has 2 aliphatic rings. The summed E-state index contributed by atoms with van der Waals surface area (Å²) in [5.74, 6) is -1.82. The number of hydrogen-bond donors (Lipinski definition) is 1. The molecule has 1 atom stereocenters. The van der Waals surface area contributed by atoms with Crippen molar-refractivity contribution >= 4 is 11.9 Å². The lowest BCUT2D eigenvalue weighted by Crippen LogP contribution is -2.49. The molecule has 0 bridgehead atoms. The number of imide groups is 1. The highest BCUT2D eigenvalue weighted by Gasteiger charge is 2.55. The van der Waals surface area contributed by atoms with Gasteiger partial charge in [0.2, 0.25) is 0 Å². The van der Waals surface area contributed by atoms with E-state index in [1.165, 1.54) is 4.90 Å². The number of carbonyl (C=O) groups is 2. The second kappa shape index (κ2) is 6.12. The van der Waals surface area contributed by atoms with Crippen LogP contribution in [0.2, 0.25) is 0 Å². The molecule has 1 heterocycles. The summed E-state index contributed by atoms with van der Waals surface area (Å²) in [7, 11) is 1.58. The molecule has 3 rings (SSSR count). The highest BCUT2D eigenvalue weighted by Crippen LogP contribution is 2.40. The predicted octanol–water partition coefficient (Wildman–Crippen LogP) is 2.60. The summed E-state index contributed by atoms with van der Waals surface area (Å²) in [6.45, 7) is -0.385. The minimum absolute atomic E-state index is 0.261. The van der Waals surface area contributed by atoms with Crippen molar-refractivity contribution in [1.82, 2.24) is 9.80 Å². The van der Waals surface area contributed by atoms with Gasteiger partial charge in [-0.1, -0.05) is 19.3 Å². The summed E-state index contributed by atoms with van der Waals surface area (Å²) < 4.78 is 27.1. The first-order valence-corrected chi connectivity index (χ1v) is 8.09. The fourth-order valence-electron chi connectivity index (χ4n) is 3.73. The Morgan fingerprint density at radius 1 is 1.21 bits per heavy atom. The zero-order valence-electron chi connectivity index (χ0n) is 13.5. The predicted molar refractivity (Wildman–Crippen MR) is 82.0 cm³/mol. The Hall–Kier alpha value is -2.02. The van der Waals surface area contributed by atoms with Gasteiger partial charge in [0, 0.05) is 12.6 Å². The molecule has 7 heteroatoms. The maximum Gasteiger partial charge on any atom is 0.327 e. The monoisotopic (exact) mass is 338 g/mol. The van der Waals surface area contributed by atoms with E-state index < -0.39 is 29.3 Å². The van der Waals surface area contributed by atoms with Gasteiger partial charge in [-0.2, -0.15) is 0 Å². The molecule has 1 saturated heterocycles.